The van der Waals surface area contributed by atoms with Crippen molar-refractivity contribution in [3.63, 3.8) is 0 Å². The second-order valence-corrected chi connectivity index (χ2v) is 3.78. The van der Waals surface area contributed by atoms with Crippen LogP contribution < -0.4 is 4.74 Å². The van der Waals surface area contributed by atoms with Crippen molar-refractivity contribution in [2.24, 2.45) is 0 Å². The maximum Gasteiger partial charge on any atom is 0.145 e. The number of rotatable bonds is 2. The monoisotopic (exact) mass is 202 g/mol. The molecule has 0 atom stereocenters. The van der Waals surface area contributed by atoms with Crippen molar-refractivity contribution in [2.75, 3.05) is 7.11 Å². The summed E-state index contributed by atoms with van der Waals surface area (Å²) in [6.07, 6.45) is 1.85. The summed E-state index contributed by atoms with van der Waals surface area (Å²) in [5.74, 6) is 1.99. The van der Waals surface area contributed by atoms with Crippen LogP contribution in [0.25, 0.3) is 10.9 Å². The fourth-order valence-corrected chi connectivity index (χ4v) is 1.49. The summed E-state index contributed by atoms with van der Waals surface area (Å²) in [5, 5.41) is 1.01. The van der Waals surface area contributed by atoms with Crippen molar-refractivity contribution < 1.29 is 4.74 Å². The Hall–Kier alpha value is -1.64. The topological polar surface area (TPSA) is 35.0 Å². The number of aromatic nitrogens is 2. The Kier molecular flexibility index (Phi) is 2.54. The number of fused-ring (bicyclic) bond motifs is 1. The number of hydrogen-bond acceptors (Lipinski definition) is 3. The Labute approximate surface area is 89.1 Å². The predicted octanol–water partition coefficient (Wildman–Crippen LogP) is 2.76. The van der Waals surface area contributed by atoms with E-state index in [1.165, 1.54) is 0 Å². The first kappa shape index (κ1) is 9.90. The molecule has 3 heteroatoms. The zero-order valence-electron chi connectivity index (χ0n) is 9.19. The molecule has 1 aromatic heterocycles. The van der Waals surface area contributed by atoms with Gasteiger partial charge >= 0.3 is 0 Å². The zero-order chi connectivity index (χ0) is 10.8. The van der Waals surface area contributed by atoms with Crippen molar-refractivity contribution in [3.05, 3.63) is 30.2 Å². The van der Waals surface area contributed by atoms with E-state index in [2.05, 4.69) is 23.8 Å². The molecule has 0 aliphatic carbocycles. The van der Waals surface area contributed by atoms with Gasteiger partial charge < -0.3 is 4.74 Å². The number of para-hydroxylation sites is 1. The molecule has 0 unspecified atom stereocenters. The van der Waals surface area contributed by atoms with Gasteiger partial charge in [0.1, 0.15) is 17.1 Å². The van der Waals surface area contributed by atoms with E-state index in [9.17, 15) is 0 Å². The van der Waals surface area contributed by atoms with Gasteiger partial charge in [0.25, 0.3) is 0 Å². The first-order valence-electron chi connectivity index (χ1n) is 5.02. The van der Waals surface area contributed by atoms with Crippen molar-refractivity contribution in [1.29, 1.82) is 0 Å². The van der Waals surface area contributed by atoms with Gasteiger partial charge in [0, 0.05) is 17.5 Å². The summed E-state index contributed by atoms with van der Waals surface area (Å²) in [7, 11) is 1.66. The summed E-state index contributed by atoms with van der Waals surface area (Å²) in [4.78, 5) is 8.82. The fraction of sp³-hybridized carbons (Fsp3) is 0.333. The van der Waals surface area contributed by atoms with Crippen molar-refractivity contribution in [2.45, 2.75) is 19.8 Å². The molecule has 2 aromatic rings. The van der Waals surface area contributed by atoms with Gasteiger partial charge in [0.05, 0.1) is 7.11 Å². The number of benzene rings is 1. The van der Waals surface area contributed by atoms with Crippen LogP contribution in [0.15, 0.2) is 24.4 Å². The van der Waals surface area contributed by atoms with Crippen LogP contribution in [0.5, 0.6) is 5.75 Å². The summed E-state index contributed by atoms with van der Waals surface area (Å²) in [6, 6.07) is 5.85. The van der Waals surface area contributed by atoms with Crippen LogP contribution in [-0.2, 0) is 0 Å². The molecule has 0 spiro atoms. The molecule has 1 aromatic carbocycles. The highest BCUT2D eigenvalue weighted by Gasteiger charge is 2.07. The third-order valence-corrected chi connectivity index (χ3v) is 2.33. The summed E-state index contributed by atoms with van der Waals surface area (Å²) < 4.78 is 5.27. The molecule has 0 N–H and O–H groups in total. The molecule has 0 saturated carbocycles. The van der Waals surface area contributed by atoms with Crippen LogP contribution in [-0.4, -0.2) is 17.1 Å². The highest BCUT2D eigenvalue weighted by Crippen LogP contribution is 2.23. The number of nitrogens with zero attached hydrogens (tertiary/aromatic N) is 2. The van der Waals surface area contributed by atoms with Crippen LogP contribution in [0.3, 0.4) is 0 Å². The van der Waals surface area contributed by atoms with Crippen LogP contribution >= 0.6 is 0 Å². The molecule has 0 aliphatic rings. The fourth-order valence-electron chi connectivity index (χ4n) is 1.49. The Balaban J connectivity index is 2.67. The SMILES string of the molecule is COc1cccc2cnc(C(C)C)nc12. The smallest absolute Gasteiger partial charge is 0.145 e. The van der Waals surface area contributed by atoms with Gasteiger partial charge in [0.2, 0.25) is 0 Å². The molecule has 1 heterocycles. The molecule has 0 fully saturated rings. The largest absolute Gasteiger partial charge is 0.494 e. The lowest BCUT2D eigenvalue weighted by Crippen LogP contribution is -1.98. The van der Waals surface area contributed by atoms with E-state index in [1.54, 1.807) is 7.11 Å². The minimum absolute atomic E-state index is 0.333. The molecule has 0 radical (unpaired) electrons. The maximum atomic E-state index is 5.27. The standard InChI is InChI=1S/C12H14N2O/c1-8(2)12-13-7-9-5-4-6-10(15-3)11(9)14-12/h4-8H,1-3H3. The Morgan fingerprint density at radius 3 is 2.73 bits per heavy atom. The molecule has 78 valence electrons. The number of ether oxygens (including phenoxy) is 1. The first-order valence-corrected chi connectivity index (χ1v) is 5.02. The van der Waals surface area contributed by atoms with Crippen LogP contribution in [0.4, 0.5) is 0 Å². The van der Waals surface area contributed by atoms with Crippen LogP contribution in [0.2, 0.25) is 0 Å². The minimum Gasteiger partial charge on any atom is -0.494 e. The molecule has 2 rings (SSSR count). The second-order valence-electron chi connectivity index (χ2n) is 3.78. The van der Waals surface area contributed by atoms with E-state index in [-0.39, 0.29) is 0 Å². The maximum absolute atomic E-state index is 5.27. The normalized spacial score (nSPS) is 10.9. The van der Waals surface area contributed by atoms with E-state index >= 15 is 0 Å². The van der Waals surface area contributed by atoms with Gasteiger partial charge in [-0.25, -0.2) is 9.97 Å². The Bertz CT molecular complexity index is 480. The van der Waals surface area contributed by atoms with E-state index in [0.717, 1.165) is 22.5 Å². The van der Waals surface area contributed by atoms with Gasteiger partial charge in [-0.1, -0.05) is 26.0 Å². The molecule has 0 bridgehead atoms. The van der Waals surface area contributed by atoms with Gasteiger partial charge in [-0.05, 0) is 6.07 Å². The molecule has 0 amide bonds. The molecule has 15 heavy (non-hydrogen) atoms. The van der Waals surface area contributed by atoms with Crippen molar-refractivity contribution in [1.82, 2.24) is 9.97 Å². The average Bonchev–Trinajstić information content (AvgIpc) is 2.27. The molecule has 3 nitrogen and oxygen atoms in total. The van der Waals surface area contributed by atoms with Crippen molar-refractivity contribution >= 4 is 10.9 Å². The predicted molar refractivity (Wildman–Crippen MR) is 60.2 cm³/mol. The highest BCUT2D eigenvalue weighted by atomic mass is 16.5. The van der Waals surface area contributed by atoms with E-state index < -0.39 is 0 Å². The van der Waals surface area contributed by atoms with Crippen LogP contribution in [0, 0.1) is 0 Å². The number of hydrogen-bond donors (Lipinski definition) is 0. The summed E-state index contributed by atoms with van der Waals surface area (Å²) in [5.41, 5.74) is 0.888. The summed E-state index contributed by atoms with van der Waals surface area (Å²) >= 11 is 0. The second kappa shape index (κ2) is 3.85. The highest BCUT2D eigenvalue weighted by molar-refractivity contribution is 5.83. The third kappa shape index (κ3) is 1.77. The lowest BCUT2D eigenvalue weighted by atomic mass is 10.2. The van der Waals surface area contributed by atoms with Crippen LogP contribution in [0.1, 0.15) is 25.6 Å². The van der Waals surface area contributed by atoms with Crippen molar-refractivity contribution in [3.8, 4) is 5.75 Å². The zero-order valence-corrected chi connectivity index (χ0v) is 9.19. The van der Waals surface area contributed by atoms with E-state index in [0.29, 0.717) is 5.92 Å². The molecular formula is C12H14N2O. The summed E-state index contributed by atoms with van der Waals surface area (Å²) in [6.45, 7) is 4.16. The molecular weight excluding hydrogens is 188 g/mol. The number of methoxy groups -OCH3 is 1. The lowest BCUT2D eigenvalue weighted by molar-refractivity contribution is 0.418. The quantitative estimate of drug-likeness (QED) is 0.751. The third-order valence-electron chi connectivity index (χ3n) is 2.33. The average molecular weight is 202 g/mol. The van der Waals surface area contributed by atoms with Gasteiger partial charge in [-0.3, -0.25) is 0 Å². The minimum atomic E-state index is 0.333. The molecule has 0 saturated heterocycles. The molecule has 0 aliphatic heterocycles. The van der Waals surface area contributed by atoms with Gasteiger partial charge in [0.15, 0.2) is 0 Å². The van der Waals surface area contributed by atoms with E-state index in [4.69, 9.17) is 4.74 Å². The van der Waals surface area contributed by atoms with Gasteiger partial charge in [-0.2, -0.15) is 0 Å². The first-order chi connectivity index (χ1) is 7.22. The lowest BCUT2D eigenvalue weighted by Gasteiger charge is -2.07. The Morgan fingerprint density at radius 1 is 1.27 bits per heavy atom. The Morgan fingerprint density at radius 2 is 2.07 bits per heavy atom. The van der Waals surface area contributed by atoms with E-state index in [1.807, 2.05) is 24.4 Å². The van der Waals surface area contributed by atoms with Gasteiger partial charge in [-0.15, -0.1) is 0 Å².